The van der Waals surface area contributed by atoms with Crippen molar-refractivity contribution in [3.8, 4) is 6.07 Å². The van der Waals surface area contributed by atoms with Crippen LogP contribution in [-0.4, -0.2) is 16.4 Å². The molecular formula is C15H10Cl2N2O2S. The van der Waals surface area contributed by atoms with Gasteiger partial charge >= 0.3 is 0 Å². The minimum atomic E-state index is -1.27. The number of carbonyl (C=O) groups excluding carboxylic acids is 1. The fraction of sp³-hybridized carbons (Fsp3) is 0.0667. The first-order valence-electron chi connectivity index (χ1n) is 6.06. The highest BCUT2D eigenvalue weighted by Crippen LogP contribution is 2.23. The molecule has 1 amide bonds. The predicted molar refractivity (Wildman–Crippen MR) is 87.9 cm³/mol. The van der Waals surface area contributed by atoms with E-state index in [4.69, 9.17) is 28.5 Å². The average Bonchev–Trinajstić information content (AvgIpc) is 2.46. The molecule has 1 atom stereocenters. The quantitative estimate of drug-likeness (QED) is 0.911. The molecule has 0 aliphatic heterocycles. The molecule has 0 radical (unpaired) electrons. The van der Waals surface area contributed by atoms with E-state index in [-0.39, 0.29) is 16.1 Å². The normalized spacial score (nSPS) is 11.5. The van der Waals surface area contributed by atoms with Gasteiger partial charge in [0.2, 0.25) is 0 Å². The van der Waals surface area contributed by atoms with E-state index in [1.54, 1.807) is 18.2 Å². The SMILES string of the molecule is C[S@@](=O)c1ccc(NC(=O)c2ccc(Cl)cc2Cl)cc1C#N. The van der Waals surface area contributed by atoms with E-state index in [1.165, 1.54) is 24.5 Å². The predicted octanol–water partition coefficient (Wildman–Crippen LogP) is 3.85. The Kier molecular flexibility index (Phi) is 5.19. The van der Waals surface area contributed by atoms with Crippen molar-refractivity contribution >= 4 is 45.6 Å². The number of nitrogens with zero attached hydrogens (tertiary/aromatic N) is 1. The van der Waals surface area contributed by atoms with Gasteiger partial charge in [0.05, 0.1) is 31.8 Å². The summed E-state index contributed by atoms with van der Waals surface area (Å²) in [7, 11) is -1.27. The highest BCUT2D eigenvalue weighted by Gasteiger charge is 2.13. The van der Waals surface area contributed by atoms with E-state index in [0.29, 0.717) is 15.6 Å². The Labute approximate surface area is 140 Å². The Morgan fingerprint density at radius 3 is 2.55 bits per heavy atom. The number of nitrogens with one attached hydrogen (secondary N) is 1. The van der Waals surface area contributed by atoms with Gasteiger partial charge in [-0.25, -0.2) is 0 Å². The number of hydrogen-bond donors (Lipinski definition) is 1. The van der Waals surface area contributed by atoms with Crippen molar-refractivity contribution in [1.82, 2.24) is 0 Å². The third-order valence-corrected chi connectivity index (χ3v) is 4.37. The Bertz CT molecular complexity index is 816. The second-order valence-corrected chi connectivity index (χ2v) is 6.55. The van der Waals surface area contributed by atoms with Gasteiger partial charge in [0.25, 0.3) is 5.91 Å². The number of carbonyl (C=O) groups is 1. The maximum atomic E-state index is 12.2. The van der Waals surface area contributed by atoms with Crippen LogP contribution in [0.1, 0.15) is 15.9 Å². The smallest absolute Gasteiger partial charge is 0.257 e. The first-order valence-corrected chi connectivity index (χ1v) is 8.37. The number of benzene rings is 2. The highest BCUT2D eigenvalue weighted by atomic mass is 35.5. The molecule has 0 aromatic heterocycles. The van der Waals surface area contributed by atoms with Crippen LogP contribution >= 0.6 is 23.2 Å². The first-order chi connectivity index (χ1) is 10.4. The second kappa shape index (κ2) is 6.93. The maximum Gasteiger partial charge on any atom is 0.257 e. The lowest BCUT2D eigenvalue weighted by Crippen LogP contribution is -2.12. The molecule has 0 heterocycles. The van der Waals surface area contributed by atoms with Crippen molar-refractivity contribution in [3.05, 3.63) is 57.6 Å². The molecule has 4 nitrogen and oxygen atoms in total. The summed E-state index contributed by atoms with van der Waals surface area (Å²) in [5.41, 5.74) is 0.940. The van der Waals surface area contributed by atoms with E-state index in [9.17, 15) is 9.00 Å². The fourth-order valence-electron chi connectivity index (χ4n) is 1.82. The molecule has 0 fully saturated rings. The molecule has 0 saturated carbocycles. The van der Waals surface area contributed by atoms with Crippen LogP contribution in [0.4, 0.5) is 5.69 Å². The molecule has 2 rings (SSSR count). The first kappa shape index (κ1) is 16.5. The van der Waals surface area contributed by atoms with Crippen molar-refractivity contribution in [1.29, 1.82) is 5.26 Å². The average molecular weight is 353 g/mol. The van der Waals surface area contributed by atoms with E-state index in [0.717, 1.165) is 0 Å². The molecule has 0 bridgehead atoms. The Morgan fingerprint density at radius 1 is 1.23 bits per heavy atom. The van der Waals surface area contributed by atoms with Gasteiger partial charge in [-0.3, -0.25) is 9.00 Å². The monoisotopic (exact) mass is 352 g/mol. The lowest BCUT2D eigenvalue weighted by atomic mass is 10.2. The zero-order valence-corrected chi connectivity index (χ0v) is 13.7. The molecule has 7 heteroatoms. The number of anilines is 1. The molecule has 0 aliphatic carbocycles. The molecule has 112 valence electrons. The summed E-state index contributed by atoms with van der Waals surface area (Å²) >= 11 is 11.8. The minimum absolute atomic E-state index is 0.233. The Hall–Kier alpha value is -1.87. The largest absolute Gasteiger partial charge is 0.322 e. The third-order valence-electron chi connectivity index (χ3n) is 2.84. The van der Waals surface area contributed by atoms with Gasteiger partial charge in [-0.05, 0) is 36.4 Å². The molecule has 2 aromatic rings. The lowest BCUT2D eigenvalue weighted by Gasteiger charge is -2.08. The van der Waals surface area contributed by atoms with Crippen molar-refractivity contribution in [2.75, 3.05) is 11.6 Å². The van der Waals surface area contributed by atoms with Gasteiger partial charge in [-0.2, -0.15) is 5.26 Å². The maximum absolute atomic E-state index is 12.2. The molecule has 0 unspecified atom stereocenters. The Balaban J connectivity index is 2.29. The summed E-state index contributed by atoms with van der Waals surface area (Å²) < 4.78 is 11.5. The Morgan fingerprint density at radius 2 is 1.95 bits per heavy atom. The molecule has 0 saturated heterocycles. The van der Waals surface area contributed by atoms with Gasteiger partial charge in [0.15, 0.2) is 0 Å². The van der Waals surface area contributed by atoms with E-state index >= 15 is 0 Å². The molecule has 0 spiro atoms. The van der Waals surface area contributed by atoms with Crippen molar-refractivity contribution < 1.29 is 9.00 Å². The van der Waals surface area contributed by atoms with Crippen LogP contribution in [0.15, 0.2) is 41.3 Å². The van der Waals surface area contributed by atoms with E-state index < -0.39 is 16.7 Å². The van der Waals surface area contributed by atoms with Crippen molar-refractivity contribution in [2.45, 2.75) is 4.90 Å². The standard InChI is InChI=1S/C15H10Cl2N2O2S/c1-22(21)14-5-3-11(6-9(14)8-18)19-15(20)12-4-2-10(16)7-13(12)17/h2-7H,1H3,(H,19,20)/t22-/m1/s1. The molecule has 1 N–H and O–H groups in total. The topological polar surface area (TPSA) is 70.0 Å². The van der Waals surface area contributed by atoms with Crippen LogP contribution in [0.3, 0.4) is 0 Å². The third kappa shape index (κ3) is 3.66. The van der Waals surface area contributed by atoms with E-state index in [1.807, 2.05) is 6.07 Å². The van der Waals surface area contributed by atoms with Gasteiger partial charge in [-0.15, -0.1) is 0 Å². The van der Waals surface area contributed by atoms with Crippen molar-refractivity contribution in [3.63, 3.8) is 0 Å². The van der Waals surface area contributed by atoms with E-state index in [2.05, 4.69) is 5.32 Å². The number of amides is 1. The van der Waals surface area contributed by atoms with Crippen LogP contribution in [0, 0.1) is 11.3 Å². The zero-order chi connectivity index (χ0) is 16.3. The minimum Gasteiger partial charge on any atom is -0.322 e. The summed E-state index contributed by atoms with van der Waals surface area (Å²) in [4.78, 5) is 12.6. The van der Waals surface area contributed by atoms with Crippen LogP contribution in [0.25, 0.3) is 0 Å². The van der Waals surface area contributed by atoms with Crippen LogP contribution < -0.4 is 5.32 Å². The summed E-state index contributed by atoms with van der Waals surface area (Å²) in [6, 6.07) is 11.1. The van der Waals surface area contributed by atoms with Crippen molar-refractivity contribution in [2.24, 2.45) is 0 Å². The van der Waals surface area contributed by atoms with Crippen LogP contribution in [0.5, 0.6) is 0 Å². The second-order valence-electron chi connectivity index (χ2n) is 4.36. The summed E-state index contributed by atoms with van der Waals surface area (Å²) in [5.74, 6) is -0.420. The van der Waals surface area contributed by atoms with Gasteiger partial charge in [0.1, 0.15) is 6.07 Å². The number of nitriles is 1. The lowest BCUT2D eigenvalue weighted by molar-refractivity contribution is 0.102. The summed E-state index contributed by atoms with van der Waals surface area (Å²) in [5, 5.41) is 12.4. The zero-order valence-electron chi connectivity index (χ0n) is 11.4. The molecule has 22 heavy (non-hydrogen) atoms. The number of halogens is 2. The summed E-state index contributed by atoms with van der Waals surface area (Å²) in [6.45, 7) is 0. The number of rotatable bonds is 3. The fourth-order valence-corrected chi connectivity index (χ4v) is 2.99. The number of hydrogen-bond acceptors (Lipinski definition) is 3. The highest BCUT2D eigenvalue weighted by molar-refractivity contribution is 7.84. The van der Waals surface area contributed by atoms with Gasteiger partial charge in [0, 0.05) is 17.0 Å². The molecular weight excluding hydrogens is 343 g/mol. The molecule has 0 aliphatic rings. The van der Waals surface area contributed by atoms with Gasteiger partial charge in [-0.1, -0.05) is 23.2 Å². The summed E-state index contributed by atoms with van der Waals surface area (Å²) in [6.07, 6.45) is 1.49. The van der Waals surface area contributed by atoms with Gasteiger partial charge < -0.3 is 5.32 Å². The van der Waals surface area contributed by atoms with Crippen LogP contribution in [-0.2, 0) is 10.8 Å². The molecule has 2 aromatic carbocycles. The van der Waals surface area contributed by atoms with Crippen LogP contribution in [0.2, 0.25) is 10.0 Å².